The molecule has 0 spiro atoms. The van der Waals surface area contributed by atoms with Crippen molar-refractivity contribution in [3.8, 4) is 0 Å². The van der Waals surface area contributed by atoms with Crippen LogP contribution in [-0.4, -0.2) is 55.8 Å². The highest BCUT2D eigenvalue weighted by atomic mass is 35.7. The van der Waals surface area contributed by atoms with Crippen LogP contribution in [0.2, 0.25) is 0 Å². The summed E-state index contributed by atoms with van der Waals surface area (Å²) >= 11 is 0. The molecule has 0 N–H and O–H groups in total. The summed E-state index contributed by atoms with van der Waals surface area (Å²) in [6, 6.07) is 7.63. The summed E-state index contributed by atoms with van der Waals surface area (Å²) in [5.41, 5.74) is 1.32. The van der Waals surface area contributed by atoms with E-state index < -0.39 is 19.9 Å². The Morgan fingerprint density at radius 1 is 1.14 bits per heavy atom. The van der Waals surface area contributed by atoms with Crippen LogP contribution in [0.15, 0.2) is 24.3 Å². The average molecular weight is 443 g/mol. The molecular weight excluding hydrogens is 416 g/mol. The topological polar surface area (TPSA) is 84.0 Å². The fraction of sp³-hybridized carbons (Fsp3) is 0.600. The Bertz CT molecular complexity index is 871. The number of halogens is 1. The molecule has 3 rings (SSSR count). The number of hydrogen-bond donors (Lipinski definition) is 0. The summed E-state index contributed by atoms with van der Waals surface area (Å²) in [7, 11) is 1.65. The summed E-state index contributed by atoms with van der Waals surface area (Å²) < 4.78 is 28.5. The Morgan fingerprint density at radius 3 is 2.21 bits per heavy atom. The molecule has 1 atom stereocenters. The molecule has 2 fully saturated rings. The first-order valence-electron chi connectivity index (χ1n) is 9.76. The van der Waals surface area contributed by atoms with Crippen molar-refractivity contribution in [2.24, 2.45) is 0 Å². The fourth-order valence-electron chi connectivity index (χ4n) is 3.76. The van der Waals surface area contributed by atoms with E-state index in [1.165, 1.54) is 4.90 Å². The molecule has 0 aliphatic carbocycles. The van der Waals surface area contributed by atoms with Gasteiger partial charge < -0.3 is 14.5 Å². The van der Waals surface area contributed by atoms with Crippen molar-refractivity contribution < 1.29 is 22.7 Å². The lowest BCUT2D eigenvalue weighted by molar-refractivity contribution is -0.117. The molecule has 0 radical (unpaired) electrons. The van der Waals surface area contributed by atoms with Crippen LogP contribution in [0.25, 0.3) is 0 Å². The van der Waals surface area contributed by atoms with Crippen LogP contribution in [0, 0.1) is 0 Å². The summed E-state index contributed by atoms with van der Waals surface area (Å²) in [5, 5.41) is -0.867. The van der Waals surface area contributed by atoms with Gasteiger partial charge in [0.2, 0.25) is 15.0 Å². The van der Waals surface area contributed by atoms with Gasteiger partial charge in [-0.3, -0.25) is 4.79 Å². The third-order valence-electron chi connectivity index (χ3n) is 5.31. The average Bonchev–Trinajstić information content (AvgIpc) is 3.03. The maximum absolute atomic E-state index is 12.2. The van der Waals surface area contributed by atoms with Crippen molar-refractivity contribution in [2.45, 2.75) is 56.8 Å². The number of piperidine rings is 1. The lowest BCUT2D eigenvalue weighted by atomic mass is 9.89. The molecule has 7 nitrogen and oxygen atoms in total. The molecule has 2 saturated heterocycles. The van der Waals surface area contributed by atoms with Gasteiger partial charge >= 0.3 is 6.09 Å². The van der Waals surface area contributed by atoms with E-state index in [1.54, 1.807) is 4.90 Å². The molecule has 9 heteroatoms. The first kappa shape index (κ1) is 21.9. The molecule has 1 unspecified atom stereocenters. The highest BCUT2D eigenvalue weighted by molar-refractivity contribution is 8.14. The molecule has 160 valence electrons. The van der Waals surface area contributed by atoms with E-state index in [0.717, 1.165) is 18.4 Å². The van der Waals surface area contributed by atoms with Gasteiger partial charge in [-0.1, -0.05) is 12.1 Å². The highest BCUT2D eigenvalue weighted by Gasteiger charge is 2.38. The van der Waals surface area contributed by atoms with Crippen molar-refractivity contribution in [3.63, 3.8) is 0 Å². The van der Waals surface area contributed by atoms with Gasteiger partial charge in [-0.15, -0.1) is 0 Å². The molecule has 2 aliphatic rings. The Morgan fingerprint density at radius 2 is 1.72 bits per heavy atom. The lowest BCUT2D eigenvalue weighted by Gasteiger charge is -2.33. The molecule has 1 aromatic carbocycles. The normalized spacial score (nSPS) is 21.5. The first-order chi connectivity index (χ1) is 13.4. The fourth-order valence-corrected chi connectivity index (χ4v) is 4.79. The van der Waals surface area contributed by atoms with E-state index in [0.29, 0.717) is 24.7 Å². The summed E-state index contributed by atoms with van der Waals surface area (Å²) in [4.78, 5) is 27.6. The Hall–Kier alpha value is -1.80. The van der Waals surface area contributed by atoms with E-state index in [9.17, 15) is 18.0 Å². The SMILES string of the molecule is CC(C)(C)OC(=O)N1CCC(c2ccc(N3CC(S(=O)(=O)Cl)CC3=O)cc2)CC1. The lowest BCUT2D eigenvalue weighted by Crippen LogP contribution is -2.41. The van der Waals surface area contributed by atoms with Gasteiger partial charge in [0.15, 0.2) is 0 Å². The van der Waals surface area contributed by atoms with E-state index in [-0.39, 0.29) is 25.0 Å². The zero-order valence-corrected chi connectivity index (χ0v) is 18.5. The van der Waals surface area contributed by atoms with E-state index >= 15 is 0 Å². The third kappa shape index (κ3) is 5.42. The Kier molecular flexibility index (Phi) is 6.15. The van der Waals surface area contributed by atoms with Crippen LogP contribution >= 0.6 is 10.7 Å². The largest absolute Gasteiger partial charge is 0.444 e. The summed E-state index contributed by atoms with van der Waals surface area (Å²) in [6.07, 6.45) is 1.32. The van der Waals surface area contributed by atoms with Crippen LogP contribution in [0.1, 0.15) is 51.5 Å². The summed E-state index contributed by atoms with van der Waals surface area (Å²) in [6.45, 7) is 6.93. The third-order valence-corrected chi connectivity index (χ3v) is 7.18. The first-order valence-corrected chi connectivity index (χ1v) is 12.1. The van der Waals surface area contributed by atoms with Gasteiger partial charge in [0.05, 0.1) is 0 Å². The molecule has 2 amide bonds. The minimum absolute atomic E-state index is 0.0816. The smallest absolute Gasteiger partial charge is 0.410 e. The predicted molar refractivity (Wildman–Crippen MR) is 112 cm³/mol. The Labute approximate surface area is 176 Å². The van der Waals surface area contributed by atoms with E-state index in [1.807, 2.05) is 45.0 Å². The standard InChI is InChI=1S/C20H27ClN2O5S/c1-20(2,3)28-19(25)22-10-8-15(9-11-22)14-4-6-16(7-5-14)23-13-17(12-18(23)24)29(21,26)27/h4-7,15,17H,8-13H2,1-3H3. The molecule has 29 heavy (non-hydrogen) atoms. The quantitative estimate of drug-likeness (QED) is 0.669. The number of ether oxygens (including phenoxy) is 1. The van der Waals surface area contributed by atoms with Gasteiger partial charge in [0.1, 0.15) is 10.9 Å². The zero-order valence-electron chi connectivity index (χ0n) is 16.9. The number of anilines is 1. The van der Waals surface area contributed by atoms with Crippen LogP contribution < -0.4 is 4.90 Å². The second kappa shape index (κ2) is 8.14. The number of rotatable bonds is 3. The number of nitrogens with zero attached hydrogens (tertiary/aromatic N) is 2. The number of hydrogen-bond acceptors (Lipinski definition) is 5. The van der Waals surface area contributed by atoms with Crippen molar-refractivity contribution in [1.82, 2.24) is 4.90 Å². The molecule has 0 bridgehead atoms. The van der Waals surface area contributed by atoms with Gasteiger partial charge in [-0.25, -0.2) is 13.2 Å². The predicted octanol–water partition coefficient (Wildman–Crippen LogP) is 3.48. The maximum Gasteiger partial charge on any atom is 0.410 e. The van der Waals surface area contributed by atoms with Gasteiger partial charge in [0, 0.05) is 42.4 Å². The second-order valence-electron chi connectivity index (χ2n) is 8.64. The van der Waals surface area contributed by atoms with Gasteiger partial charge in [-0.05, 0) is 57.2 Å². The van der Waals surface area contributed by atoms with Crippen LogP contribution in [0.4, 0.5) is 10.5 Å². The van der Waals surface area contributed by atoms with Crippen molar-refractivity contribution >= 4 is 37.4 Å². The number of amides is 2. The molecular formula is C20H27ClN2O5S. The molecule has 2 aliphatic heterocycles. The Balaban J connectivity index is 1.59. The van der Waals surface area contributed by atoms with Crippen LogP contribution in [0.3, 0.4) is 0 Å². The van der Waals surface area contributed by atoms with Crippen molar-refractivity contribution in [1.29, 1.82) is 0 Å². The number of carbonyl (C=O) groups is 2. The summed E-state index contributed by atoms with van der Waals surface area (Å²) in [5.74, 6) is 0.0885. The minimum atomic E-state index is -3.76. The van der Waals surface area contributed by atoms with Crippen LogP contribution in [-0.2, 0) is 18.6 Å². The maximum atomic E-state index is 12.2. The van der Waals surface area contributed by atoms with Crippen molar-refractivity contribution in [2.75, 3.05) is 24.5 Å². The number of carbonyl (C=O) groups excluding carboxylic acids is 2. The molecule has 1 aromatic rings. The highest BCUT2D eigenvalue weighted by Crippen LogP contribution is 2.32. The van der Waals surface area contributed by atoms with E-state index in [2.05, 4.69) is 0 Å². The van der Waals surface area contributed by atoms with Gasteiger partial charge in [-0.2, -0.15) is 0 Å². The molecule has 0 saturated carbocycles. The zero-order chi connectivity index (χ0) is 21.4. The second-order valence-corrected chi connectivity index (χ2v) is 11.5. The molecule has 0 aromatic heterocycles. The minimum Gasteiger partial charge on any atom is -0.444 e. The van der Waals surface area contributed by atoms with Crippen molar-refractivity contribution in [3.05, 3.63) is 29.8 Å². The van der Waals surface area contributed by atoms with Crippen LogP contribution in [0.5, 0.6) is 0 Å². The number of benzene rings is 1. The molecule has 2 heterocycles. The van der Waals surface area contributed by atoms with Gasteiger partial charge in [0.25, 0.3) is 0 Å². The monoisotopic (exact) mass is 442 g/mol. The van der Waals surface area contributed by atoms with E-state index in [4.69, 9.17) is 15.4 Å². The number of likely N-dealkylation sites (tertiary alicyclic amines) is 1.